The Labute approximate surface area is 98.6 Å². The van der Waals surface area contributed by atoms with Crippen molar-refractivity contribution in [3.05, 3.63) is 47.8 Å². The quantitative estimate of drug-likeness (QED) is 0.776. The first-order valence-corrected chi connectivity index (χ1v) is 5.23. The van der Waals surface area contributed by atoms with Gasteiger partial charge in [0.25, 0.3) is 0 Å². The van der Waals surface area contributed by atoms with Crippen LogP contribution in [-0.4, -0.2) is 15.9 Å². The number of aromatic nitrogens is 2. The van der Waals surface area contributed by atoms with Crippen LogP contribution in [0.15, 0.2) is 36.5 Å². The van der Waals surface area contributed by atoms with Crippen molar-refractivity contribution in [1.29, 1.82) is 0 Å². The second kappa shape index (κ2) is 5.16. The first-order valence-electron chi connectivity index (χ1n) is 5.23. The van der Waals surface area contributed by atoms with Crippen LogP contribution < -0.4 is 5.73 Å². The maximum atomic E-state index is 11.5. The molecule has 0 amide bonds. The summed E-state index contributed by atoms with van der Waals surface area (Å²) in [5.74, 6) is -0.00615. The smallest absolute Gasteiger partial charge is 0.312 e. The molecule has 88 valence electrons. The van der Waals surface area contributed by atoms with Gasteiger partial charge >= 0.3 is 5.97 Å². The van der Waals surface area contributed by atoms with Gasteiger partial charge in [-0.2, -0.15) is 0 Å². The zero-order valence-corrected chi connectivity index (χ0v) is 9.22. The van der Waals surface area contributed by atoms with Gasteiger partial charge in [0, 0.05) is 5.69 Å². The van der Waals surface area contributed by atoms with E-state index < -0.39 is 0 Å². The standard InChI is InChI=1S/C12H13N3O2/c13-12-14-7-10(15-12)6-11(16)17-8-9-4-2-1-3-5-9/h1-5,7H,6,8H2,(H3,13,14,15). The van der Waals surface area contributed by atoms with Crippen LogP contribution in [0.3, 0.4) is 0 Å². The molecule has 0 unspecified atom stereocenters. The number of anilines is 1. The molecule has 0 saturated heterocycles. The van der Waals surface area contributed by atoms with Crippen molar-refractivity contribution >= 4 is 11.9 Å². The van der Waals surface area contributed by atoms with Crippen molar-refractivity contribution in [2.45, 2.75) is 13.0 Å². The summed E-state index contributed by atoms with van der Waals surface area (Å²) in [5.41, 5.74) is 7.02. The van der Waals surface area contributed by atoms with Crippen LogP contribution in [0, 0.1) is 0 Å². The van der Waals surface area contributed by atoms with Gasteiger partial charge in [0.05, 0.1) is 12.6 Å². The van der Waals surface area contributed by atoms with Crippen LogP contribution in [0.4, 0.5) is 5.95 Å². The highest BCUT2D eigenvalue weighted by molar-refractivity contribution is 5.72. The number of nitrogens with zero attached hydrogens (tertiary/aromatic N) is 1. The van der Waals surface area contributed by atoms with Gasteiger partial charge < -0.3 is 15.5 Å². The number of carbonyl (C=O) groups is 1. The predicted octanol–water partition coefficient (Wildman–Crippen LogP) is 1.28. The first-order chi connectivity index (χ1) is 8.24. The van der Waals surface area contributed by atoms with Crippen LogP contribution in [0.1, 0.15) is 11.3 Å². The molecule has 2 rings (SSSR count). The number of H-pyrrole nitrogens is 1. The molecule has 5 heteroatoms. The summed E-state index contributed by atoms with van der Waals surface area (Å²) in [6.07, 6.45) is 1.68. The lowest BCUT2D eigenvalue weighted by molar-refractivity contribution is -0.144. The van der Waals surface area contributed by atoms with Crippen LogP contribution in [0.25, 0.3) is 0 Å². The minimum atomic E-state index is -0.308. The molecular formula is C12H13N3O2. The van der Waals surface area contributed by atoms with Crippen LogP contribution in [0.5, 0.6) is 0 Å². The first kappa shape index (κ1) is 11.2. The van der Waals surface area contributed by atoms with E-state index >= 15 is 0 Å². The minimum absolute atomic E-state index is 0.150. The Morgan fingerprint density at radius 1 is 1.35 bits per heavy atom. The molecule has 0 fully saturated rings. The van der Waals surface area contributed by atoms with Gasteiger partial charge in [-0.1, -0.05) is 30.3 Å². The van der Waals surface area contributed by atoms with Crippen molar-refractivity contribution in [1.82, 2.24) is 9.97 Å². The van der Waals surface area contributed by atoms with E-state index in [4.69, 9.17) is 10.5 Å². The molecule has 3 N–H and O–H groups in total. The van der Waals surface area contributed by atoms with E-state index in [-0.39, 0.29) is 19.0 Å². The summed E-state index contributed by atoms with van der Waals surface area (Å²) >= 11 is 0. The third kappa shape index (κ3) is 3.34. The van der Waals surface area contributed by atoms with Gasteiger partial charge in [0.15, 0.2) is 5.95 Å². The van der Waals surface area contributed by atoms with Gasteiger partial charge in [-0.15, -0.1) is 0 Å². The predicted molar refractivity (Wildman–Crippen MR) is 62.9 cm³/mol. The summed E-state index contributed by atoms with van der Waals surface area (Å²) in [7, 11) is 0. The van der Waals surface area contributed by atoms with Crippen molar-refractivity contribution in [2.75, 3.05) is 5.73 Å². The molecule has 0 aliphatic carbocycles. The molecule has 0 aliphatic rings. The number of aromatic amines is 1. The Morgan fingerprint density at radius 2 is 2.12 bits per heavy atom. The molecule has 1 aromatic heterocycles. The number of carbonyl (C=O) groups excluding carboxylic acids is 1. The number of imidazole rings is 1. The zero-order chi connectivity index (χ0) is 12.1. The van der Waals surface area contributed by atoms with Gasteiger partial charge in [0.2, 0.25) is 0 Å². The lowest BCUT2D eigenvalue weighted by Crippen LogP contribution is -2.08. The maximum Gasteiger partial charge on any atom is 0.312 e. The molecular weight excluding hydrogens is 218 g/mol. The molecule has 17 heavy (non-hydrogen) atoms. The summed E-state index contributed by atoms with van der Waals surface area (Å²) in [4.78, 5) is 18.1. The number of benzene rings is 1. The van der Waals surface area contributed by atoms with Crippen molar-refractivity contribution in [2.24, 2.45) is 0 Å². The molecule has 1 aromatic carbocycles. The van der Waals surface area contributed by atoms with Crippen molar-refractivity contribution in [3.8, 4) is 0 Å². The third-order valence-corrected chi connectivity index (χ3v) is 2.23. The molecule has 1 heterocycles. The number of nitrogens with two attached hydrogens (primary N) is 1. The van der Waals surface area contributed by atoms with E-state index in [0.717, 1.165) is 5.56 Å². The second-order valence-electron chi connectivity index (χ2n) is 3.62. The summed E-state index contributed by atoms with van der Waals surface area (Å²) in [5, 5.41) is 0. The van der Waals surface area contributed by atoms with Gasteiger partial charge in [-0.05, 0) is 5.56 Å². The van der Waals surface area contributed by atoms with Gasteiger partial charge in [-0.3, -0.25) is 4.79 Å². The van der Waals surface area contributed by atoms with E-state index in [0.29, 0.717) is 11.6 Å². The zero-order valence-electron chi connectivity index (χ0n) is 9.22. The highest BCUT2D eigenvalue weighted by atomic mass is 16.5. The lowest BCUT2D eigenvalue weighted by atomic mass is 10.2. The molecule has 0 bridgehead atoms. The number of ether oxygens (including phenoxy) is 1. The summed E-state index contributed by atoms with van der Waals surface area (Å²) < 4.78 is 5.11. The molecule has 0 aliphatic heterocycles. The Bertz CT molecular complexity index is 493. The number of esters is 1. The highest BCUT2D eigenvalue weighted by Gasteiger charge is 2.07. The number of rotatable bonds is 4. The largest absolute Gasteiger partial charge is 0.461 e. The number of nitrogens with one attached hydrogen (secondary N) is 1. The molecule has 0 spiro atoms. The fourth-order valence-corrected chi connectivity index (χ4v) is 1.41. The van der Waals surface area contributed by atoms with E-state index in [9.17, 15) is 4.79 Å². The molecule has 0 radical (unpaired) electrons. The molecule has 0 atom stereocenters. The van der Waals surface area contributed by atoms with Crippen LogP contribution in [-0.2, 0) is 22.6 Å². The van der Waals surface area contributed by atoms with Crippen molar-refractivity contribution in [3.63, 3.8) is 0 Å². The monoisotopic (exact) mass is 231 g/mol. The number of hydrogen-bond donors (Lipinski definition) is 2. The summed E-state index contributed by atoms with van der Waals surface area (Å²) in [6, 6.07) is 9.53. The SMILES string of the molecule is Nc1ncc(CC(=O)OCc2ccccc2)[nH]1. The highest BCUT2D eigenvalue weighted by Crippen LogP contribution is 2.04. The third-order valence-electron chi connectivity index (χ3n) is 2.23. The van der Waals surface area contributed by atoms with E-state index in [1.165, 1.54) is 6.20 Å². The lowest BCUT2D eigenvalue weighted by Gasteiger charge is -2.03. The molecule has 2 aromatic rings. The summed E-state index contributed by atoms with van der Waals surface area (Å²) in [6.45, 7) is 0.281. The average Bonchev–Trinajstić information content (AvgIpc) is 2.73. The normalized spacial score (nSPS) is 10.1. The maximum absolute atomic E-state index is 11.5. The Hall–Kier alpha value is -2.30. The van der Waals surface area contributed by atoms with Crippen molar-refractivity contribution < 1.29 is 9.53 Å². The number of nitrogen functional groups attached to an aromatic ring is 1. The van der Waals surface area contributed by atoms with Crippen LogP contribution >= 0.6 is 0 Å². The van der Waals surface area contributed by atoms with E-state index in [2.05, 4.69) is 9.97 Å². The van der Waals surface area contributed by atoms with Crippen LogP contribution in [0.2, 0.25) is 0 Å². The Balaban J connectivity index is 1.82. The minimum Gasteiger partial charge on any atom is -0.461 e. The fourth-order valence-electron chi connectivity index (χ4n) is 1.41. The Morgan fingerprint density at radius 3 is 2.76 bits per heavy atom. The topological polar surface area (TPSA) is 81.0 Å². The number of hydrogen-bond acceptors (Lipinski definition) is 4. The molecule has 5 nitrogen and oxygen atoms in total. The fraction of sp³-hybridized carbons (Fsp3) is 0.167. The van der Waals surface area contributed by atoms with Gasteiger partial charge in [0.1, 0.15) is 6.61 Å². The van der Waals surface area contributed by atoms with Gasteiger partial charge in [-0.25, -0.2) is 4.98 Å². The molecule has 0 saturated carbocycles. The Kier molecular flexibility index (Phi) is 3.40. The van der Waals surface area contributed by atoms with E-state index in [1.54, 1.807) is 0 Å². The van der Waals surface area contributed by atoms with E-state index in [1.807, 2.05) is 30.3 Å². The second-order valence-corrected chi connectivity index (χ2v) is 3.62. The average molecular weight is 231 g/mol.